The monoisotopic (exact) mass is 267 g/mol. The Morgan fingerprint density at radius 3 is 2.74 bits per heavy atom. The minimum atomic E-state index is -0.205. The fourth-order valence-electron chi connectivity index (χ4n) is 2.43. The summed E-state index contributed by atoms with van der Waals surface area (Å²) in [5, 5.41) is 1.91. The number of aromatic nitrogens is 3. The number of pyridine rings is 3. The van der Waals surface area contributed by atoms with Crippen LogP contribution in [-0.4, -0.2) is 20.7 Å². The Morgan fingerprint density at radius 2 is 1.84 bits per heavy atom. The zero-order valence-corrected chi connectivity index (χ0v) is 10.3. The van der Waals surface area contributed by atoms with E-state index in [0.717, 1.165) is 22.0 Å². The molecule has 1 aliphatic carbocycles. The molecule has 0 saturated heterocycles. The Hall–Kier alpha value is -2.33. The smallest absolute Gasteiger partial charge is 0.231 e. The number of rotatable bonds is 0. The van der Waals surface area contributed by atoms with Crippen molar-refractivity contribution in [1.82, 2.24) is 15.0 Å². The Morgan fingerprint density at radius 1 is 1.00 bits per heavy atom. The van der Waals surface area contributed by atoms with Gasteiger partial charge in [-0.2, -0.15) is 0 Å². The minimum absolute atomic E-state index is 0.205. The average Bonchev–Trinajstić information content (AvgIpc) is 2.44. The zero-order valence-electron chi connectivity index (χ0n) is 9.59. The van der Waals surface area contributed by atoms with Gasteiger partial charge in [-0.3, -0.25) is 14.8 Å². The first kappa shape index (κ1) is 10.6. The topological polar surface area (TPSA) is 55.7 Å². The van der Waals surface area contributed by atoms with Gasteiger partial charge in [0.1, 0.15) is 16.5 Å². The summed E-state index contributed by atoms with van der Waals surface area (Å²) in [4.78, 5) is 25.1. The second kappa shape index (κ2) is 3.59. The summed E-state index contributed by atoms with van der Waals surface area (Å²) in [5.74, 6) is -0.205. The van der Waals surface area contributed by atoms with Crippen molar-refractivity contribution < 1.29 is 4.79 Å². The van der Waals surface area contributed by atoms with E-state index in [1.54, 1.807) is 24.5 Å². The van der Waals surface area contributed by atoms with Gasteiger partial charge in [-0.05, 0) is 29.7 Å². The van der Waals surface area contributed by atoms with E-state index in [9.17, 15) is 4.79 Å². The molecule has 1 aliphatic rings. The summed E-state index contributed by atoms with van der Waals surface area (Å²) in [5.41, 5.74) is 2.19. The van der Waals surface area contributed by atoms with Gasteiger partial charge in [0.2, 0.25) is 5.78 Å². The van der Waals surface area contributed by atoms with E-state index >= 15 is 0 Å². The Bertz CT molecular complexity index is 860. The van der Waals surface area contributed by atoms with Crippen LogP contribution in [0.5, 0.6) is 0 Å². The van der Waals surface area contributed by atoms with Gasteiger partial charge in [0.05, 0.1) is 5.69 Å². The first-order valence-electron chi connectivity index (χ1n) is 5.71. The average molecular weight is 268 g/mol. The SMILES string of the molecule is O=C1c2ncccc2-c2nccc3cc(Cl)nc1c23. The summed E-state index contributed by atoms with van der Waals surface area (Å²) < 4.78 is 0. The molecule has 0 amide bonds. The molecule has 0 aromatic carbocycles. The van der Waals surface area contributed by atoms with Gasteiger partial charge in [0.25, 0.3) is 0 Å². The first-order chi connectivity index (χ1) is 9.25. The van der Waals surface area contributed by atoms with Crippen LogP contribution in [-0.2, 0) is 0 Å². The van der Waals surface area contributed by atoms with Crippen LogP contribution >= 0.6 is 11.6 Å². The number of nitrogens with zero attached hydrogens (tertiary/aromatic N) is 3. The number of carbonyl (C=O) groups excluding carboxylic acids is 1. The van der Waals surface area contributed by atoms with Gasteiger partial charge < -0.3 is 0 Å². The standard InChI is InChI=1S/C14H6ClN3O/c15-9-6-7-3-5-17-11-8-2-1-4-16-12(8)14(19)13(18-9)10(7)11/h1-6H. The molecule has 90 valence electrons. The maximum Gasteiger partial charge on any atom is 0.231 e. The van der Waals surface area contributed by atoms with Gasteiger partial charge in [0.15, 0.2) is 0 Å². The van der Waals surface area contributed by atoms with Crippen molar-refractivity contribution in [3.8, 4) is 11.3 Å². The first-order valence-corrected chi connectivity index (χ1v) is 6.09. The molecular formula is C14H6ClN3O. The Kier molecular flexibility index (Phi) is 2.00. The Labute approximate surface area is 113 Å². The fraction of sp³-hybridized carbons (Fsp3) is 0. The number of carbonyl (C=O) groups is 1. The lowest BCUT2D eigenvalue weighted by Gasteiger charge is -2.16. The van der Waals surface area contributed by atoms with Crippen LogP contribution in [0.15, 0.2) is 36.7 Å². The molecule has 0 atom stereocenters. The number of hydrogen-bond donors (Lipinski definition) is 0. The van der Waals surface area contributed by atoms with E-state index in [4.69, 9.17) is 11.6 Å². The van der Waals surface area contributed by atoms with Crippen LogP contribution in [0.2, 0.25) is 5.15 Å². The molecule has 0 spiro atoms. The summed E-state index contributed by atoms with van der Waals surface area (Å²) in [6, 6.07) is 7.20. The molecule has 0 radical (unpaired) electrons. The van der Waals surface area contributed by atoms with Gasteiger partial charge in [-0.25, -0.2) is 4.98 Å². The fourth-order valence-corrected chi connectivity index (χ4v) is 2.63. The molecule has 0 saturated carbocycles. The lowest BCUT2D eigenvalue weighted by Crippen LogP contribution is -2.14. The van der Waals surface area contributed by atoms with Crippen molar-refractivity contribution in [3.05, 3.63) is 53.2 Å². The molecule has 0 unspecified atom stereocenters. The molecule has 19 heavy (non-hydrogen) atoms. The number of ketones is 1. The molecule has 4 rings (SSSR count). The molecule has 0 N–H and O–H groups in total. The van der Waals surface area contributed by atoms with E-state index in [0.29, 0.717) is 16.5 Å². The van der Waals surface area contributed by atoms with Crippen molar-refractivity contribution in [3.63, 3.8) is 0 Å². The number of fused-ring (bicyclic) bond motifs is 2. The highest BCUT2D eigenvalue weighted by Gasteiger charge is 2.28. The van der Waals surface area contributed by atoms with Crippen LogP contribution in [0.1, 0.15) is 16.2 Å². The van der Waals surface area contributed by atoms with E-state index in [1.165, 1.54) is 0 Å². The molecule has 5 heteroatoms. The summed E-state index contributed by atoms with van der Waals surface area (Å²) >= 11 is 5.97. The zero-order chi connectivity index (χ0) is 13.0. The van der Waals surface area contributed by atoms with Gasteiger partial charge in [-0.15, -0.1) is 0 Å². The predicted molar refractivity (Wildman–Crippen MR) is 71.2 cm³/mol. The third-order valence-electron chi connectivity index (χ3n) is 3.21. The molecule has 3 heterocycles. The van der Waals surface area contributed by atoms with Crippen LogP contribution in [0.3, 0.4) is 0 Å². The maximum absolute atomic E-state index is 12.4. The van der Waals surface area contributed by atoms with Crippen molar-refractivity contribution in [2.75, 3.05) is 0 Å². The van der Waals surface area contributed by atoms with Crippen LogP contribution < -0.4 is 0 Å². The third kappa shape index (κ3) is 1.34. The lowest BCUT2D eigenvalue weighted by molar-refractivity contribution is 0.103. The van der Waals surface area contributed by atoms with Crippen LogP contribution in [0.25, 0.3) is 22.0 Å². The highest BCUT2D eigenvalue weighted by molar-refractivity contribution is 6.31. The second-order valence-electron chi connectivity index (χ2n) is 4.28. The molecule has 0 fully saturated rings. The van der Waals surface area contributed by atoms with E-state index in [-0.39, 0.29) is 5.78 Å². The van der Waals surface area contributed by atoms with Crippen molar-refractivity contribution in [2.24, 2.45) is 0 Å². The maximum atomic E-state index is 12.4. The van der Waals surface area contributed by atoms with Gasteiger partial charge in [0, 0.05) is 23.3 Å². The predicted octanol–water partition coefficient (Wildman–Crippen LogP) is 2.89. The van der Waals surface area contributed by atoms with Gasteiger partial charge in [-0.1, -0.05) is 11.6 Å². The van der Waals surface area contributed by atoms with Crippen molar-refractivity contribution >= 4 is 28.2 Å². The minimum Gasteiger partial charge on any atom is -0.285 e. The number of hydrogen-bond acceptors (Lipinski definition) is 4. The quantitative estimate of drug-likeness (QED) is 0.460. The lowest BCUT2D eigenvalue weighted by atomic mass is 9.92. The highest BCUT2D eigenvalue weighted by atomic mass is 35.5. The molecule has 3 aromatic rings. The van der Waals surface area contributed by atoms with Crippen molar-refractivity contribution in [2.45, 2.75) is 0 Å². The van der Waals surface area contributed by atoms with Gasteiger partial charge >= 0.3 is 0 Å². The molecule has 0 aliphatic heterocycles. The van der Waals surface area contributed by atoms with Crippen LogP contribution in [0, 0.1) is 0 Å². The number of halogens is 1. The summed E-state index contributed by atoms with van der Waals surface area (Å²) in [6.07, 6.45) is 3.29. The Balaban J connectivity index is 2.27. The third-order valence-corrected chi connectivity index (χ3v) is 3.40. The van der Waals surface area contributed by atoms with E-state index in [2.05, 4.69) is 15.0 Å². The van der Waals surface area contributed by atoms with Crippen molar-refractivity contribution in [1.29, 1.82) is 0 Å². The molecule has 0 bridgehead atoms. The second-order valence-corrected chi connectivity index (χ2v) is 4.67. The molecule has 3 aromatic heterocycles. The highest BCUT2D eigenvalue weighted by Crippen LogP contribution is 2.36. The van der Waals surface area contributed by atoms with E-state index < -0.39 is 0 Å². The molecule has 4 nitrogen and oxygen atoms in total. The summed E-state index contributed by atoms with van der Waals surface area (Å²) in [7, 11) is 0. The molecular weight excluding hydrogens is 262 g/mol. The largest absolute Gasteiger partial charge is 0.285 e. The van der Waals surface area contributed by atoms with E-state index in [1.807, 2.05) is 12.1 Å². The normalized spacial score (nSPS) is 12.6. The summed E-state index contributed by atoms with van der Waals surface area (Å²) in [6.45, 7) is 0. The van der Waals surface area contributed by atoms with Crippen LogP contribution in [0.4, 0.5) is 0 Å².